The second-order valence-electron chi connectivity index (χ2n) is 5.35. The first-order valence-electron chi connectivity index (χ1n) is 6.95. The topological polar surface area (TPSA) is 58.6 Å². The number of benzene rings is 1. The predicted octanol–water partition coefficient (Wildman–Crippen LogP) is 1.51. The van der Waals surface area contributed by atoms with Gasteiger partial charge >= 0.3 is 0 Å². The van der Waals surface area contributed by atoms with Crippen molar-refractivity contribution < 1.29 is 14.6 Å². The highest BCUT2D eigenvalue weighted by molar-refractivity contribution is 5.94. The van der Waals surface area contributed by atoms with Gasteiger partial charge in [-0.2, -0.15) is 0 Å². The van der Waals surface area contributed by atoms with Gasteiger partial charge < -0.3 is 15.2 Å². The second-order valence-corrected chi connectivity index (χ2v) is 5.35. The fourth-order valence-electron chi connectivity index (χ4n) is 2.64. The van der Waals surface area contributed by atoms with E-state index in [4.69, 9.17) is 9.84 Å². The molecule has 1 amide bonds. The molecule has 1 aliphatic heterocycles. The van der Waals surface area contributed by atoms with Crippen LogP contribution in [0.3, 0.4) is 0 Å². The summed E-state index contributed by atoms with van der Waals surface area (Å²) in [6.45, 7) is 0.828. The Morgan fingerprint density at radius 1 is 1.47 bits per heavy atom. The Morgan fingerprint density at radius 3 is 3.05 bits per heavy atom. The smallest absolute Gasteiger partial charge is 0.251 e. The van der Waals surface area contributed by atoms with Crippen LogP contribution in [0.5, 0.6) is 5.75 Å². The SMILES string of the molecule is O=C(NC(CCO)C1CC1)c1ccc2c(c1)CCO2. The third-order valence-corrected chi connectivity index (χ3v) is 3.90. The number of carbonyl (C=O) groups excluding carboxylic acids is 1. The van der Waals surface area contributed by atoms with E-state index in [9.17, 15) is 4.79 Å². The van der Waals surface area contributed by atoms with Crippen molar-refractivity contribution in [2.75, 3.05) is 13.2 Å². The maximum Gasteiger partial charge on any atom is 0.251 e. The molecule has 3 rings (SSSR count). The van der Waals surface area contributed by atoms with E-state index in [2.05, 4.69) is 5.32 Å². The van der Waals surface area contributed by atoms with E-state index < -0.39 is 0 Å². The maximum absolute atomic E-state index is 12.2. The Morgan fingerprint density at radius 2 is 2.32 bits per heavy atom. The van der Waals surface area contributed by atoms with Gasteiger partial charge in [-0.3, -0.25) is 4.79 Å². The largest absolute Gasteiger partial charge is 0.493 e. The summed E-state index contributed by atoms with van der Waals surface area (Å²) in [5.41, 5.74) is 1.80. The molecule has 0 saturated heterocycles. The minimum Gasteiger partial charge on any atom is -0.493 e. The van der Waals surface area contributed by atoms with E-state index in [1.165, 1.54) is 0 Å². The number of aliphatic hydroxyl groups is 1. The second kappa shape index (κ2) is 5.21. The van der Waals surface area contributed by atoms with Crippen LogP contribution in [0.15, 0.2) is 18.2 Å². The molecule has 1 atom stereocenters. The number of aliphatic hydroxyl groups excluding tert-OH is 1. The zero-order valence-electron chi connectivity index (χ0n) is 10.9. The molecule has 19 heavy (non-hydrogen) atoms. The lowest BCUT2D eigenvalue weighted by Gasteiger charge is -2.17. The number of carbonyl (C=O) groups is 1. The average Bonchev–Trinajstić information content (AvgIpc) is 3.15. The standard InChI is InChI=1S/C15H19NO3/c17-7-5-13(10-1-2-10)16-15(18)12-3-4-14-11(9-12)6-8-19-14/h3-4,9-10,13,17H,1-2,5-8H2,(H,16,18). The molecule has 1 aromatic carbocycles. The zero-order valence-corrected chi connectivity index (χ0v) is 10.9. The van der Waals surface area contributed by atoms with Crippen molar-refractivity contribution in [1.82, 2.24) is 5.32 Å². The van der Waals surface area contributed by atoms with Crippen LogP contribution in [-0.4, -0.2) is 30.3 Å². The number of ether oxygens (including phenoxy) is 1. The van der Waals surface area contributed by atoms with E-state index >= 15 is 0 Å². The molecule has 1 heterocycles. The van der Waals surface area contributed by atoms with Gasteiger partial charge in [-0.05, 0) is 48.9 Å². The number of hydrogen-bond acceptors (Lipinski definition) is 3. The Labute approximate surface area is 112 Å². The van der Waals surface area contributed by atoms with Crippen molar-refractivity contribution in [3.63, 3.8) is 0 Å². The van der Waals surface area contributed by atoms with Gasteiger partial charge in [0.05, 0.1) is 6.61 Å². The molecule has 2 aliphatic rings. The Kier molecular flexibility index (Phi) is 3.42. The molecule has 1 unspecified atom stereocenters. The molecular weight excluding hydrogens is 242 g/mol. The summed E-state index contributed by atoms with van der Waals surface area (Å²) in [7, 11) is 0. The Bertz CT molecular complexity index is 482. The fraction of sp³-hybridized carbons (Fsp3) is 0.533. The summed E-state index contributed by atoms with van der Waals surface area (Å²) in [6, 6.07) is 5.71. The first-order valence-corrected chi connectivity index (χ1v) is 6.95. The summed E-state index contributed by atoms with van der Waals surface area (Å²) in [5, 5.41) is 12.1. The van der Waals surface area contributed by atoms with Crippen LogP contribution < -0.4 is 10.1 Å². The molecule has 1 aliphatic carbocycles. The molecule has 1 aromatic rings. The highest BCUT2D eigenvalue weighted by Crippen LogP contribution is 2.34. The average molecular weight is 261 g/mol. The quantitative estimate of drug-likeness (QED) is 0.844. The van der Waals surface area contributed by atoms with E-state index in [0.29, 0.717) is 24.5 Å². The molecule has 4 heteroatoms. The Hall–Kier alpha value is -1.55. The zero-order chi connectivity index (χ0) is 13.2. The molecular formula is C15H19NO3. The number of amides is 1. The van der Waals surface area contributed by atoms with Crippen LogP contribution in [0.1, 0.15) is 35.2 Å². The maximum atomic E-state index is 12.2. The van der Waals surface area contributed by atoms with Gasteiger partial charge in [0, 0.05) is 24.6 Å². The van der Waals surface area contributed by atoms with Crippen molar-refractivity contribution in [2.24, 2.45) is 5.92 Å². The number of rotatable bonds is 5. The number of hydrogen-bond donors (Lipinski definition) is 2. The van der Waals surface area contributed by atoms with E-state index in [1.807, 2.05) is 18.2 Å². The first kappa shape index (κ1) is 12.5. The van der Waals surface area contributed by atoms with Crippen LogP contribution in [-0.2, 0) is 6.42 Å². The highest BCUT2D eigenvalue weighted by atomic mass is 16.5. The normalized spacial score (nSPS) is 18.6. The van der Waals surface area contributed by atoms with Crippen molar-refractivity contribution in [1.29, 1.82) is 0 Å². The van der Waals surface area contributed by atoms with E-state index in [1.54, 1.807) is 0 Å². The highest BCUT2D eigenvalue weighted by Gasteiger charge is 2.32. The van der Waals surface area contributed by atoms with Gasteiger partial charge in [0.25, 0.3) is 5.91 Å². The van der Waals surface area contributed by atoms with E-state index in [0.717, 1.165) is 30.6 Å². The minimum absolute atomic E-state index is 0.0416. The van der Waals surface area contributed by atoms with Gasteiger partial charge in [-0.1, -0.05) is 0 Å². The monoisotopic (exact) mass is 261 g/mol. The fourth-order valence-corrected chi connectivity index (χ4v) is 2.64. The van der Waals surface area contributed by atoms with Gasteiger partial charge in [0.15, 0.2) is 0 Å². The lowest BCUT2D eigenvalue weighted by atomic mass is 10.1. The van der Waals surface area contributed by atoms with Crippen LogP contribution in [0.2, 0.25) is 0 Å². The summed E-state index contributed by atoms with van der Waals surface area (Å²) < 4.78 is 5.44. The molecule has 2 N–H and O–H groups in total. The summed E-state index contributed by atoms with van der Waals surface area (Å²) >= 11 is 0. The van der Waals surface area contributed by atoms with Crippen LogP contribution >= 0.6 is 0 Å². The van der Waals surface area contributed by atoms with Crippen LogP contribution in [0.25, 0.3) is 0 Å². The molecule has 102 valence electrons. The Balaban J connectivity index is 1.69. The van der Waals surface area contributed by atoms with Crippen molar-refractivity contribution in [3.05, 3.63) is 29.3 Å². The lowest BCUT2D eigenvalue weighted by Crippen LogP contribution is -2.37. The number of fused-ring (bicyclic) bond motifs is 1. The minimum atomic E-state index is -0.0416. The third-order valence-electron chi connectivity index (χ3n) is 3.90. The lowest BCUT2D eigenvalue weighted by molar-refractivity contribution is 0.0924. The van der Waals surface area contributed by atoms with Crippen molar-refractivity contribution in [3.8, 4) is 5.75 Å². The van der Waals surface area contributed by atoms with Gasteiger partial charge in [0.2, 0.25) is 0 Å². The van der Waals surface area contributed by atoms with Crippen LogP contribution in [0.4, 0.5) is 0 Å². The van der Waals surface area contributed by atoms with Crippen molar-refractivity contribution in [2.45, 2.75) is 31.7 Å². The summed E-state index contributed by atoms with van der Waals surface area (Å²) in [4.78, 5) is 12.2. The summed E-state index contributed by atoms with van der Waals surface area (Å²) in [5.74, 6) is 1.40. The van der Waals surface area contributed by atoms with Gasteiger partial charge in [-0.25, -0.2) is 0 Å². The molecule has 1 saturated carbocycles. The number of nitrogens with one attached hydrogen (secondary N) is 1. The summed E-state index contributed by atoms with van der Waals surface area (Å²) in [6.07, 6.45) is 3.83. The van der Waals surface area contributed by atoms with E-state index in [-0.39, 0.29) is 18.6 Å². The first-order chi connectivity index (χ1) is 9.28. The van der Waals surface area contributed by atoms with Crippen LogP contribution in [0, 0.1) is 5.92 Å². The predicted molar refractivity (Wildman–Crippen MR) is 71.3 cm³/mol. The van der Waals surface area contributed by atoms with Gasteiger partial charge in [-0.15, -0.1) is 0 Å². The third kappa shape index (κ3) is 2.73. The van der Waals surface area contributed by atoms with Crippen molar-refractivity contribution >= 4 is 5.91 Å². The molecule has 0 bridgehead atoms. The van der Waals surface area contributed by atoms with Gasteiger partial charge in [0.1, 0.15) is 5.75 Å². The molecule has 0 spiro atoms. The molecule has 1 fully saturated rings. The molecule has 0 radical (unpaired) electrons. The molecule has 0 aromatic heterocycles. The molecule has 4 nitrogen and oxygen atoms in total.